The molecule has 146 valence electrons. The average Bonchev–Trinajstić information content (AvgIpc) is 3.27. The van der Waals surface area contributed by atoms with Crippen molar-refractivity contribution in [2.75, 3.05) is 26.2 Å². The van der Waals surface area contributed by atoms with Crippen molar-refractivity contribution in [3.8, 4) is 11.3 Å². The molecule has 0 spiro atoms. The first-order chi connectivity index (χ1) is 13.6. The minimum absolute atomic E-state index is 0.0593. The van der Waals surface area contributed by atoms with Gasteiger partial charge in [0.25, 0.3) is 5.91 Å². The Hall–Kier alpha value is -2.86. The summed E-state index contributed by atoms with van der Waals surface area (Å²) in [4.78, 5) is 21.3. The van der Waals surface area contributed by atoms with Crippen molar-refractivity contribution in [3.05, 3.63) is 65.6 Å². The van der Waals surface area contributed by atoms with Gasteiger partial charge in [-0.2, -0.15) is 0 Å². The quantitative estimate of drug-likeness (QED) is 0.688. The second-order valence-corrected chi connectivity index (χ2v) is 7.20. The molecule has 1 fully saturated rings. The molecule has 1 aliphatic rings. The molecule has 6 heteroatoms. The van der Waals surface area contributed by atoms with Crippen molar-refractivity contribution < 1.29 is 13.6 Å². The molecule has 1 aliphatic heterocycles. The molecule has 2 aromatic heterocycles. The van der Waals surface area contributed by atoms with Gasteiger partial charge >= 0.3 is 0 Å². The number of rotatable bonds is 4. The highest BCUT2D eigenvalue weighted by molar-refractivity contribution is 5.92. The third-order valence-corrected chi connectivity index (χ3v) is 5.17. The highest BCUT2D eigenvalue weighted by Gasteiger charge is 2.25. The Morgan fingerprint density at radius 1 is 1.07 bits per heavy atom. The van der Waals surface area contributed by atoms with Gasteiger partial charge in [0.1, 0.15) is 5.76 Å². The largest absolute Gasteiger partial charge is 0.464 e. The fourth-order valence-corrected chi connectivity index (χ4v) is 3.78. The zero-order valence-electron chi connectivity index (χ0n) is 16.4. The Bertz CT molecular complexity index is 946. The molecule has 1 saturated heterocycles. The molecule has 1 aromatic carbocycles. The van der Waals surface area contributed by atoms with E-state index in [1.165, 1.54) is 5.56 Å². The van der Waals surface area contributed by atoms with Crippen LogP contribution in [-0.2, 0) is 6.54 Å². The maximum absolute atomic E-state index is 12.8. The van der Waals surface area contributed by atoms with Crippen LogP contribution in [0, 0.1) is 13.8 Å². The van der Waals surface area contributed by atoms with E-state index in [4.69, 9.17) is 8.83 Å². The van der Waals surface area contributed by atoms with E-state index in [0.717, 1.165) is 43.9 Å². The van der Waals surface area contributed by atoms with Crippen LogP contribution in [0.1, 0.15) is 34.1 Å². The number of furan rings is 1. The summed E-state index contributed by atoms with van der Waals surface area (Å²) in [5.74, 6) is 1.73. The summed E-state index contributed by atoms with van der Waals surface area (Å²) in [6.07, 6.45) is 2.63. The summed E-state index contributed by atoms with van der Waals surface area (Å²) in [6, 6.07) is 12.2. The summed E-state index contributed by atoms with van der Waals surface area (Å²) in [5, 5.41) is 0. The van der Waals surface area contributed by atoms with E-state index in [0.29, 0.717) is 23.9 Å². The fraction of sp³-hybridized carbons (Fsp3) is 0.364. The Balaban J connectivity index is 1.44. The van der Waals surface area contributed by atoms with Crippen molar-refractivity contribution in [1.29, 1.82) is 0 Å². The minimum atomic E-state index is -0.0593. The maximum atomic E-state index is 12.8. The molecule has 28 heavy (non-hydrogen) atoms. The Labute approximate surface area is 164 Å². The molecule has 3 aromatic rings. The number of benzene rings is 1. The number of aryl methyl sites for hydroxylation is 2. The summed E-state index contributed by atoms with van der Waals surface area (Å²) < 4.78 is 11.1. The Kier molecular flexibility index (Phi) is 5.30. The van der Waals surface area contributed by atoms with Crippen molar-refractivity contribution in [2.45, 2.75) is 26.8 Å². The molecular formula is C22H25N3O3. The van der Waals surface area contributed by atoms with Gasteiger partial charge in [0.05, 0.1) is 12.0 Å². The fourth-order valence-electron chi connectivity index (χ4n) is 3.78. The Morgan fingerprint density at radius 3 is 2.68 bits per heavy atom. The van der Waals surface area contributed by atoms with Crippen LogP contribution in [0.3, 0.4) is 0 Å². The van der Waals surface area contributed by atoms with E-state index < -0.39 is 0 Å². The summed E-state index contributed by atoms with van der Waals surface area (Å²) in [5.41, 5.74) is 3.02. The van der Waals surface area contributed by atoms with Crippen molar-refractivity contribution in [3.63, 3.8) is 0 Å². The number of oxazole rings is 1. The summed E-state index contributed by atoms with van der Waals surface area (Å²) in [6.45, 7) is 7.60. The van der Waals surface area contributed by atoms with Gasteiger partial charge in [-0.1, -0.05) is 24.3 Å². The van der Waals surface area contributed by atoms with Crippen LogP contribution in [0.5, 0.6) is 0 Å². The van der Waals surface area contributed by atoms with Crippen molar-refractivity contribution in [2.24, 2.45) is 0 Å². The minimum Gasteiger partial charge on any atom is -0.464 e. The van der Waals surface area contributed by atoms with E-state index >= 15 is 0 Å². The molecule has 0 aliphatic carbocycles. The molecule has 0 N–H and O–H groups in total. The summed E-state index contributed by atoms with van der Waals surface area (Å²) in [7, 11) is 0. The second kappa shape index (κ2) is 8.02. The van der Waals surface area contributed by atoms with Crippen LogP contribution < -0.4 is 0 Å². The van der Waals surface area contributed by atoms with E-state index in [2.05, 4.69) is 28.1 Å². The number of aromatic nitrogens is 1. The maximum Gasteiger partial charge on any atom is 0.291 e. The predicted molar refractivity (Wildman–Crippen MR) is 106 cm³/mol. The molecule has 0 atom stereocenters. The lowest BCUT2D eigenvalue weighted by Crippen LogP contribution is -2.35. The van der Waals surface area contributed by atoms with Crippen LogP contribution >= 0.6 is 0 Å². The topological polar surface area (TPSA) is 62.7 Å². The van der Waals surface area contributed by atoms with Crippen molar-refractivity contribution in [1.82, 2.24) is 14.8 Å². The first kappa shape index (κ1) is 18.5. The highest BCUT2D eigenvalue weighted by Crippen LogP contribution is 2.25. The lowest BCUT2D eigenvalue weighted by Gasteiger charge is -2.22. The van der Waals surface area contributed by atoms with Gasteiger partial charge in [0, 0.05) is 45.2 Å². The van der Waals surface area contributed by atoms with Gasteiger partial charge in [-0.25, -0.2) is 4.98 Å². The van der Waals surface area contributed by atoms with Gasteiger partial charge in [-0.3, -0.25) is 9.69 Å². The molecule has 0 saturated carbocycles. The number of amides is 1. The molecule has 1 amide bonds. The van der Waals surface area contributed by atoms with Gasteiger partial charge in [-0.15, -0.1) is 0 Å². The zero-order valence-corrected chi connectivity index (χ0v) is 16.4. The molecule has 0 radical (unpaired) electrons. The standard InChI is InChI=1S/C22H25N3O3/c1-16-21(28-17(2)23-16)22(26)25-11-6-10-24(12-13-25)15-18-7-3-4-8-19(18)20-9-5-14-27-20/h3-5,7-9,14H,6,10-13,15H2,1-2H3. The van der Waals surface area contributed by atoms with E-state index in [1.54, 1.807) is 13.2 Å². The normalized spacial score (nSPS) is 15.6. The number of hydrogen-bond acceptors (Lipinski definition) is 5. The monoisotopic (exact) mass is 379 g/mol. The van der Waals surface area contributed by atoms with Gasteiger partial charge < -0.3 is 13.7 Å². The van der Waals surface area contributed by atoms with Crippen LogP contribution in [0.4, 0.5) is 0 Å². The first-order valence-corrected chi connectivity index (χ1v) is 9.69. The van der Waals surface area contributed by atoms with Crippen LogP contribution in [0.25, 0.3) is 11.3 Å². The van der Waals surface area contributed by atoms with E-state index in [9.17, 15) is 4.79 Å². The first-order valence-electron chi connectivity index (χ1n) is 9.69. The lowest BCUT2D eigenvalue weighted by molar-refractivity contribution is 0.0727. The molecule has 3 heterocycles. The number of nitrogens with zero attached hydrogens (tertiary/aromatic N) is 3. The third kappa shape index (κ3) is 3.87. The third-order valence-electron chi connectivity index (χ3n) is 5.17. The molecule has 0 unspecified atom stereocenters. The second-order valence-electron chi connectivity index (χ2n) is 7.20. The van der Waals surface area contributed by atoms with Crippen LogP contribution in [0.15, 0.2) is 51.5 Å². The van der Waals surface area contributed by atoms with Crippen molar-refractivity contribution >= 4 is 5.91 Å². The average molecular weight is 379 g/mol. The van der Waals surface area contributed by atoms with Crippen LogP contribution in [0.2, 0.25) is 0 Å². The number of hydrogen-bond donors (Lipinski definition) is 0. The van der Waals surface area contributed by atoms with E-state index in [-0.39, 0.29) is 5.91 Å². The van der Waals surface area contributed by atoms with Crippen LogP contribution in [-0.4, -0.2) is 46.9 Å². The molecule has 4 rings (SSSR count). The number of carbonyl (C=O) groups excluding carboxylic acids is 1. The molecule has 6 nitrogen and oxygen atoms in total. The Morgan fingerprint density at radius 2 is 1.93 bits per heavy atom. The highest BCUT2D eigenvalue weighted by atomic mass is 16.4. The molecule has 0 bridgehead atoms. The van der Waals surface area contributed by atoms with Gasteiger partial charge in [0.2, 0.25) is 5.76 Å². The smallest absolute Gasteiger partial charge is 0.291 e. The molecular weight excluding hydrogens is 354 g/mol. The summed E-state index contributed by atoms with van der Waals surface area (Å²) >= 11 is 0. The predicted octanol–water partition coefficient (Wildman–Crippen LogP) is 3.90. The zero-order chi connectivity index (χ0) is 19.5. The van der Waals surface area contributed by atoms with E-state index in [1.807, 2.05) is 30.0 Å². The SMILES string of the molecule is Cc1nc(C)c(C(=O)N2CCCN(Cc3ccccc3-c3ccco3)CC2)o1. The lowest BCUT2D eigenvalue weighted by atomic mass is 10.0. The van der Waals surface area contributed by atoms with Gasteiger partial charge in [0.15, 0.2) is 5.89 Å². The van der Waals surface area contributed by atoms with Gasteiger partial charge in [-0.05, 0) is 31.0 Å². The number of carbonyl (C=O) groups is 1.